The number of carboxylic acids is 1. The Bertz CT molecular complexity index is 258. The summed E-state index contributed by atoms with van der Waals surface area (Å²) in [5, 5.41) is 11.6. The maximum absolute atomic E-state index is 11.6. The van der Waals surface area contributed by atoms with Crippen LogP contribution in [0.4, 0.5) is 0 Å². The molecule has 0 aromatic heterocycles. The van der Waals surface area contributed by atoms with Gasteiger partial charge in [0, 0.05) is 26.2 Å². The number of carboxylic acid groups (broad SMARTS) is 1. The van der Waals surface area contributed by atoms with Gasteiger partial charge in [-0.25, -0.2) is 0 Å². The van der Waals surface area contributed by atoms with Gasteiger partial charge >= 0.3 is 5.97 Å². The van der Waals surface area contributed by atoms with E-state index in [1.165, 1.54) is 0 Å². The lowest BCUT2D eigenvalue weighted by Gasteiger charge is -2.30. The van der Waals surface area contributed by atoms with Crippen molar-refractivity contribution in [2.45, 2.75) is 46.1 Å². The maximum atomic E-state index is 11.6. The van der Waals surface area contributed by atoms with Crippen LogP contribution in [-0.2, 0) is 14.3 Å². The molecule has 5 heteroatoms. The van der Waals surface area contributed by atoms with Crippen LogP contribution in [0.15, 0.2) is 0 Å². The van der Waals surface area contributed by atoms with E-state index in [0.29, 0.717) is 19.4 Å². The van der Waals surface area contributed by atoms with Crippen molar-refractivity contribution in [3.05, 3.63) is 0 Å². The first-order chi connectivity index (χ1) is 7.77. The molecule has 0 heterocycles. The van der Waals surface area contributed by atoms with Gasteiger partial charge < -0.3 is 15.2 Å². The Kier molecular flexibility index (Phi) is 6.80. The van der Waals surface area contributed by atoms with E-state index < -0.39 is 5.97 Å². The molecular weight excluding hydrogens is 222 g/mol. The summed E-state index contributed by atoms with van der Waals surface area (Å²) < 4.78 is 4.85. The summed E-state index contributed by atoms with van der Waals surface area (Å²) in [4.78, 5) is 22.3. The topological polar surface area (TPSA) is 75.6 Å². The van der Waals surface area contributed by atoms with Crippen molar-refractivity contribution >= 4 is 11.9 Å². The second-order valence-electron chi connectivity index (χ2n) is 5.18. The molecule has 0 aromatic rings. The lowest BCUT2D eigenvalue weighted by Crippen LogP contribution is -2.45. The summed E-state index contributed by atoms with van der Waals surface area (Å²) in [6.45, 7) is 6.27. The molecule has 0 aliphatic heterocycles. The molecule has 100 valence electrons. The van der Waals surface area contributed by atoms with E-state index in [-0.39, 0.29) is 23.8 Å². The molecule has 0 saturated heterocycles. The van der Waals surface area contributed by atoms with Crippen molar-refractivity contribution in [3.63, 3.8) is 0 Å². The van der Waals surface area contributed by atoms with Crippen LogP contribution in [0.25, 0.3) is 0 Å². The van der Waals surface area contributed by atoms with Crippen LogP contribution in [0.3, 0.4) is 0 Å². The second kappa shape index (κ2) is 7.27. The van der Waals surface area contributed by atoms with Crippen molar-refractivity contribution in [2.24, 2.45) is 5.41 Å². The Balaban J connectivity index is 4.24. The number of methoxy groups -OCH3 is 1. The van der Waals surface area contributed by atoms with Gasteiger partial charge in [0.2, 0.25) is 5.91 Å². The third-order valence-electron chi connectivity index (χ3n) is 2.51. The Morgan fingerprint density at radius 3 is 2.35 bits per heavy atom. The molecule has 0 spiro atoms. The van der Waals surface area contributed by atoms with Gasteiger partial charge in [0.1, 0.15) is 0 Å². The van der Waals surface area contributed by atoms with Gasteiger partial charge in [0.25, 0.3) is 0 Å². The number of ether oxygens (including phenoxy) is 1. The highest BCUT2D eigenvalue weighted by atomic mass is 16.5. The van der Waals surface area contributed by atoms with Gasteiger partial charge in [0.15, 0.2) is 0 Å². The number of amides is 1. The van der Waals surface area contributed by atoms with E-state index in [1.54, 1.807) is 7.11 Å². The fraction of sp³-hybridized carbons (Fsp3) is 0.833. The summed E-state index contributed by atoms with van der Waals surface area (Å²) in [5.74, 6) is -1.02. The van der Waals surface area contributed by atoms with Gasteiger partial charge in [-0.3, -0.25) is 9.59 Å². The van der Waals surface area contributed by atoms with E-state index in [1.807, 2.05) is 20.8 Å². The molecule has 0 bridgehead atoms. The molecule has 0 fully saturated rings. The van der Waals surface area contributed by atoms with Gasteiger partial charge in [-0.05, 0) is 11.8 Å². The second-order valence-corrected chi connectivity index (χ2v) is 5.18. The number of hydrogen-bond donors (Lipinski definition) is 2. The van der Waals surface area contributed by atoms with E-state index in [0.717, 1.165) is 0 Å². The van der Waals surface area contributed by atoms with Crippen LogP contribution in [-0.4, -0.2) is 36.7 Å². The lowest BCUT2D eigenvalue weighted by molar-refractivity contribution is -0.138. The number of carbonyl (C=O) groups excluding carboxylic acids is 1. The fourth-order valence-corrected chi connectivity index (χ4v) is 1.39. The largest absolute Gasteiger partial charge is 0.481 e. The molecule has 0 aliphatic carbocycles. The minimum absolute atomic E-state index is 0.0560. The molecule has 0 saturated carbocycles. The summed E-state index contributed by atoms with van der Waals surface area (Å²) >= 11 is 0. The highest BCUT2D eigenvalue weighted by Crippen LogP contribution is 2.22. The molecule has 0 rings (SSSR count). The van der Waals surface area contributed by atoms with E-state index >= 15 is 0 Å². The van der Waals surface area contributed by atoms with E-state index in [4.69, 9.17) is 9.84 Å². The average molecular weight is 245 g/mol. The molecule has 0 aromatic carbocycles. The SMILES string of the molecule is COCCCC(=O)NC(CC(=O)O)C(C)(C)C. The minimum atomic E-state index is -0.901. The normalized spacial score (nSPS) is 13.2. The van der Waals surface area contributed by atoms with Crippen LogP contribution >= 0.6 is 0 Å². The zero-order valence-electron chi connectivity index (χ0n) is 11.1. The quantitative estimate of drug-likeness (QED) is 0.665. The van der Waals surface area contributed by atoms with Crippen LogP contribution < -0.4 is 5.32 Å². The predicted octanol–water partition coefficient (Wildman–Crippen LogP) is 1.42. The van der Waals surface area contributed by atoms with Gasteiger partial charge in [-0.2, -0.15) is 0 Å². The molecule has 1 atom stereocenters. The van der Waals surface area contributed by atoms with Crippen LogP contribution in [0.2, 0.25) is 0 Å². The lowest BCUT2D eigenvalue weighted by atomic mass is 9.84. The molecule has 2 N–H and O–H groups in total. The van der Waals surface area contributed by atoms with Crippen molar-refractivity contribution in [1.82, 2.24) is 5.32 Å². The molecule has 17 heavy (non-hydrogen) atoms. The van der Waals surface area contributed by atoms with Gasteiger partial charge in [-0.1, -0.05) is 20.8 Å². The zero-order chi connectivity index (χ0) is 13.5. The molecule has 0 aliphatic rings. The first-order valence-electron chi connectivity index (χ1n) is 5.77. The molecule has 1 unspecified atom stereocenters. The van der Waals surface area contributed by atoms with Crippen LogP contribution in [0.5, 0.6) is 0 Å². The van der Waals surface area contributed by atoms with Crippen molar-refractivity contribution in [3.8, 4) is 0 Å². The monoisotopic (exact) mass is 245 g/mol. The van der Waals surface area contributed by atoms with E-state index in [2.05, 4.69) is 5.32 Å². The van der Waals surface area contributed by atoms with Crippen molar-refractivity contribution in [1.29, 1.82) is 0 Å². The standard InChI is InChI=1S/C12H23NO4/c1-12(2,3)9(8-11(15)16)13-10(14)6-5-7-17-4/h9H,5-8H2,1-4H3,(H,13,14)(H,15,16). The van der Waals surface area contributed by atoms with E-state index in [9.17, 15) is 9.59 Å². The summed E-state index contributed by atoms with van der Waals surface area (Å²) in [5.41, 5.74) is -0.269. The Labute approximate surface area is 103 Å². The number of nitrogens with one attached hydrogen (secondary N) is 1. The third-order valence-corrected chi connectivity index (χ3v) is 2.51. The molecular formula is C12H23NO4. The Morgan fingerprint density at radius 1 is 1.35 bits per heavy atom. The summed E-state index contributed by atoms with van der Waals surface area (Å²) in [6, 6.07) is -0.352. The molecule has 0 radical (unpaired) electrons. The van der Waals surface area contributed by atoms with Crippen LogP contribution in [0.1, 0.15) is 40.0 Å². The van der Waals surface area contributed by atoms with Crippen molar-refractivity contribution < 1.29 is 19.4 Å². The highest BCUT2D eigenvalue weighted by Gasteiger charge is 2.28. The number of aliphatic carboxylic acids is 1. The number of hydrogen-bond acceptors (Lipinski definition) is 3. The fourth-order valence-electron chi connectivity index (χ4n) is 1.39. The molecule has 5 nitrogen and oxygen atoms in total. The number of rotatable bonds is 7. The first kappa shape index (κ1) is 15.9. The van der Waals surface area contributed by atoms with Crippen LogP contribution in [0, 0.1) is 5.41 Å². The maximum Gasteiger partial charge on any atom is 0.305 e. The number of carbonyl (C=O) groups is 2. The van der Waals surface area contributed by atoms with Gasteiger partial charge in [-0.15, -0.1) is 0 Å². The summed E-state index contributed by atoms with van der Waals surface area (Å²) in [7, 11) is 1.58. The third kappa shape index (κ3) is 7.74. The first-order valence-corrected chi connectivity index (χ1v) is 5.77. The smallest absolute Gasteiger partial charge is 0.305 e. The van der Waals surface area contributed by atoms with Gasteiger partial charge in [0.05, 0.1) is 6.42 Å². The summed E-state index contributed by atoms with van der Waals surface area (Å²) in [6.07, 6.45) is 0.950. The average Bonchev–Trinajstić information content (AvgIpc) is 2.15. The molecule has 1 amide bonds. The Hall–Kier alpha value is -1.10. The Morgan fingerprint density at radius 2 is 1.94 bits per heavy atom. The highest BCUT2D eigenvalue weighted by molar-refractivity contribution is 5.77. The van der Waals surface area contributed by atoms with Crippen molar-refractivity contribution in [2.75, 3.05) is 13.7 Å². The minimum Gasteiger partial charge on any atom is -0.481 e. The zero-order valence-corrected chi connectivity index (χ0v) is 11.1. The predicted molar refractivity (Wildman–Crippen MR) is 64.7 cm³/mol.